The third-order valence-corrected chi connectivity index (χ3v) is 3.51. The van der Waals surface area contributed by atoms with E-state index in [1.807, 2.05) is 6.92 Å². The van der Waals surface area contributed by atoms with E-state index in [1.54, 1.807) is 30.1 Å². The van der Waals surface area contributed by atoms with Crippen LogP contribution in [-0.2, 0) is 0 Å². The van der Waals surface area contributed by atoms with Crippen molar-refractivity contribution >= 4 is 5.91 Å². The number of hydrogen-bond acceptors (Lipinski definition) is 2. The first-order chi connectivity index (χ1) is 7.99. The molecule has 17 heavy (non-hydrogen) atoms. The summed E-state index contributed by atoms with van der Waals surface area (Å²) in [5.74, 6) is 1.34. The lowest BCUT2D eigenvalue weighted by Gasteiger charge is -2.18. The van der Waals surface area contributed by atoms with Crippen LogP contribution >= 0.6 is 0 Å². The molecule has 0 radical (unpaired) electrons. The van der Waals surface area contributed by atoms with E-state index in [0.717, 1.165) is 18.0 Å². The SMILES string of the molecule is Cc1ccc(O)c(C(=O)N(C)CC2CC2C)c1. The molecule has 0 spiro atoms. The van der Waals surface area contributed by atoms with Crippen LogP contribution in [0.1, 0.15) is 29.3 Å². The van der Waals surface area contributed by atoms with Gasteiger partial charge in [-0.25, -0.2) is 0 Å². The molecule has 1 aliphatic rings. The van der Waals surface area contributed by atoms with Crippen LogP contribution in [0.3, 0.4) is 0 Å². The Balaban J connectivity index is 2.10. The molecule has 0 aromatic heterocycles. The number of phenolic OH excluding ortho intramolecular Hbond substituents is 1. The Hall–Kier alpha value is -1.51. The molecule has 0 saturated heterocycles. The molecule has 2 unspecified atom stereocenters. The minimum absolute atomic E-state index is 0.0660. The van der Waals surface area contributed by atoms with Crippen LogP contribution in [0.4, 0.5) is 0 Å². The van der Waals surface area contributed by atoms with Crippen LogP contribution < -0.4 is 0 Å². The number of rotatable bonds is 3. The highest BCUT2D eigenvalue weighted by molar-refractivity contribution is 5.96. The number of aryl methyl sites for hydroxylation is 1. The molecule has 1 N–H and O–H groups in total. The third kappa shape index (κ3) is 2.60. The smallest absolute Gasteiger partial charge is 0.257 e. The molecule has 2 atom stereocenters. The fourth-order valence-corrected chi connectivity index (χ4v) is 2.11. The van der Waals surface area contributed by atoms with Crippen molar-refractivity contribution in [1.82, 2.24) is 4.90 Å². The first kappa shape index (κ1) is 12.0. The Morgan fingerprint density at radius 2 is 2.18 bits per heavy atom. The van der Waals surface area contributed by atoms with Crippen molar-refractivity contribution in [3.05, 3.63) is 29.3 Å². The van der Waals surface area contributed by atoms with Gasteiger partial charge in [-0.3, -0.25) is 4.79 Å². The summed E-state index contributed by atoms with van der Waals surface area (Å²) in [6.07, 6.45) is 1.21. The predicted molar refractivity (Wildman–Crippen MR) is 67.1 cm³/mol. The van der Waals surface area contributed by atoms with Crippen LogP contribution in [0.25, 0.3) is 0 Å². The van der Waals surface area contributed by atoms with Gasteiger partial charge in [-0.05, 0) is 37.3 Å². The summed E-state index contributed by atoms with van der Waals surface area (Å²) in [5, 5.41) is 9.71. The minimum atomic E-state index is -0.0923. The molecule has 2 rings (SSSR count). The number of hydrogen-bond donors (Lipinski definition) is 1. The molecule has 0 heterocycles. The summed E-state index contributed by atoms with van der Waals surface area (Å²) in [6.45, 7) is 4.90. The predicted octanol–water partition coefficient (Wildman–Crippen LogP) is 2.43. The molecule has 1 aromatic rings. The van der Waals surface area contributed by atoms with Gasteiger partial charge >= 0.3 is 0 Å². The average molecular weight is 233 g/mol. The maximum atomic E-state index is 12.2. The maximum absolute atomic E-state index is 12.2. The van der Waals surface area contributed by atoms with E-state index >= 15 is 0 Å². The second kappa shape index (κ2) is 4.40. The number of aromatic hydroxyl groups is 1. The number of benzene rings is 1. The van der Waals surface area contributed by atoms with Crippen molar-refractivity contribution in [3.8, 4) is 5.75 Å². The molecule has 0 bridgehead atoms. The van der Waals surface area contributed by atoms with Gasteiger partial charge in [-0.15, -0.1) is 0 Å². The van der Waals surface area contributed by atoms with Crippen LogP contribution in [0.2, 0.25) is 0 Å². The van der Waals surface area contributed by atoms with E-state index in [9.17, 15) is 9.90 Å². The lowest BCUT2D eigenvalue weighted by Crippen LogP contribution is -2.29. The van der Waals surface area contributed by atoms with Crippen molar-refractivity contribution in [2.45, 2.75) is 20.3 Å². The molecular weight excluding hydrogens is 214 g/mol. The third-order valence-electron chi connectivity index (χ3n) is 3.51. The van der Waals surface area contributed by atoms with E-state index in [4.69, 9.17) is 0 Å². The van der Waals surface area contributed by atoms with Gasteiger partial charge in [0.1, 0.15) is 5.75 Å². The van der Waals surface area contributed by atoms with Gasteiger partial charge < -0.3 is 10.0 Å². The Morgan fingerprint density at radius 3 is 2.76 bits per heavy atom. The van der Waals surface area contributed by atoms with Crippen molar-refractivity contribution in [1.29, 1.82) is 0 Å². The van der Waals surface area contributed by atoms with E-state index in [-0.39, 0.29) is 11.7 Å². The zero-order valence-electron chi connectivity index (χ0n) is 10.6. The van der Waals surface area contributed by atoms with Gasteiger partial charge in [0.25, 0.3) is 5.91 Å². The van der Waals surface area contributed by atoms with Crippen molar-refractivity contribution < 1.29 is 9.90 Å². The van der Waals surface area contributed by atoms with Gasteiger partial charge in [0.15, 0.2) is 0 Å². The van der Waals surface area contributed by atoms with Crippen molar-refractivity contribution in [2.24, 2.45) is 11.8 Å². The quantitative estimate of drug-likeness (QED) is 0.871. The normalized spacial score (nSPS) is 22.3. The summed E-state index contributed by atoms with van der Waals surface area (Å²) >= 11 is 0. The zero-order valence-corrected chi connectivity index (χ0v) is 10.6. The fourth-order valence-electron chi connectivity index (χ4n) is 2.11. The molecule has 1 aromatic carbocycles. The molecule has 0 aliphatic heterocycles. The highest BCUT2D eigenvalue weighted by atomic mass is 16.3. The Bertz CT molecular complexity index is 442. The molecule has 1 fully saturated rings. The van der Waals surface area contributed by atoms with Crippen molar-refractivity contribution in [3.63, 3.8) is 0 Å². The molecule has 1 saturated carbocycles. The fraction of sp³-hybridized carbons (Fsp3) is 0.500. The summed E-state index contributed by atoms with van der Waals surface area (Å²) in [4.78, 5) is 13.9. The van der Waals surface area contributed by atoms with Crippen LogP contribution in [0, 0.1) is 18.8 Å². The summed E-state index contributed by atoms with van der Waals surface area (Å²) in [7, 11) is 1.80. The molecule has 3 nitrogen and oxygen atoms in total. The standard InChI is InChI=1S/C14H19NO2/c1-9-4-5-13(16)12(6-9)14(17)15(3)8-11-7-10(11)2/h4-6,10-11,16H,7-8H2,1-3H3. The minimum Gasteiger partial charge on any atom is -0.507 e. The number of phenols is 1. The van der Waals surface area contributed by atoms with E-state index in [1.165, 1.54) is 6.42 Å². The lowest BCUT2D eigenvalue weighted by atomic mass is 10.1. The van der Waals surface area contributed by atoms with E-state index in [0.29, 0.717) is 11.5 Å². The molecule has 92 valence electrons. The average Bonchev–Trinajstić information content (AvgIpc) is 2.96. The second-order valence-electron chi connectivity index (χ2n) is 5.18. The first-order valence-corrected chi connectivity index (χ1v) is 6.04. The van der Waals surface area contributed by atoms with Gasteiger partial charge in [-0.1, -0.05) is 18.6 Å². The monoisotopic (exact) mass is 233 g/mol. The number of carbonyl (C=O) groups excluding carboxylic acids is 1. The number of amides is 1. The zero-order chi connectivity index (χ0) is 12.6. The highest BCUT2D eigenvalue weighted by Gasteiger charge is 2.34. The second-order valence-corrected chi connectivity index (χ2v) is 5.18. The van der Waals surface area contributed by atoms with E-state index in [2.05, 4.69) is 6.92 Å². The summed E-state index contributed by atoms with van der Waals surface area (Å²) in [6, 6.07) is 5.12. The van der Waals surface area contributed by atoms with E-state index < -0.39 is 0 Å². The van der Waals surface area contributed by atoms with Gasteiger partial charge in [0, 0.05) is 13.6 Å². The van der Waals surface area contributed by atoms with Gasteiger partial charge in [0.05, 0.1) is 5.56 Å². The lowest BCUT2D eigenvalue weighted by molar-refractivity contribution is 0.0784. The Morgan fingerprint density at radius 1 is 1.53 bits per heavy atom. The summed E-state index contributed by atoms with van der Waals surface area (Å²) < 4.78 is 0. The highest BCUT2D eigenvalue weighted by Crippen LogP contribution is 2.38. The largest absolute Gasteiger partial charge is 0.507 e. The molecule has 1 amide bonds. The number of carbonyl (C=O) groups is 1. The van der Waals surface area contributed by atoms with Crippen LogP contribution in [0.15, 0.2) is 18.2 Å². The Kier molecular flexibility index (Phi) is 3.09. The number of nitrogens with zero attached hydrogens (tertiary/aromatic N) is 1. The molecule has 1 aliphatic carbocycles. The Labute approximate surface area is 102 Å². The van der Waals surface area contributed by atoms with Crippen molar-refractivity contribution in [2.75, 3.05) is 13.6 Å². The van der Waals surface area contributed by atoms with Gasteiger partial charge in [-0.2, -0.15) is 0 Å². The van der Waals surface area contributed by atoms with Crippen LogP contribution in [0.5, 0.6) is 5.75 Å². The maximum Gasteiger partial charge on any atom is 0.257 e. The van der Waals surface area contributed by atoms with Crippen LogP contribution in [-0.4, -0.2) is 29.5 Å². The van der Waals surface area contributed by atoms with Gasteiger partial charge in [0.2, 0.25) is 0 Å². The first-order valence-electron chi connectivity index (χ1n) is 6.04. The topological polar surface area (TPSA) is 40.5 Å². The summed E-state index contributed by atoms with van der Waals surface area (Å²) in [5.41, 5.74) is 1.39. The molecule has 3 heteroatoms. The molecular formula is C14H19NO2.